The Labute approximate surface area is 180 Å². The standard InChI is InChI=1S/C21H20F3N7O/c22-21(23,24)13-31-16-11-15(20(32)29-8-4-1-2-5-9-29)25-12-14(16)18(28-31)19-27-26-17-7-3-6-10-30(17)19/h3,6-7,10-12H,1-2,4-5,8-9,13H2. The number of likely N-dealkylation sites (tertiary alicyclic amines) is 1. The van der Waals surface area contributed by atoms with Gasteiger partial charge in [0.15, 0.2) is 11.5 Å². The number of fused-ring (bicyclic) bond motifs is 2. The summed E-state index contributed by atoms with van der Waals surface area (Å²) in [5, 5.41) is 12.8. The molecule has 0 unspecified atom stereocenters. The lowest BCUT2D eigenvalue weighted by molar-refractivity contribution is -0.141. The van der Waals surface area contributed by atoms with Crippen LogP contribution in [0.3, 0.4) is 0 Å². The second-order valence-electron chi connectivity index (χ2n) is 7.87. The zero-order valence-electron chi connectivity index (χ0n) is 17.1. The summed E-state index contributed by atoms with van der Waals surface area (Å²) in [5.41, 5.74) is 1.06. The number of nitrogens with zero attached hydrogens (tertiary/aromatic N) is 7. The van der Waals surface area contributed by atoms with Crippen molar-refractivity contribution < 1.29 is 18.0 Å². The molecule has 1 amide bonds. The van der Waals surface area contributed by atoms with Crippen molar-refractivity contribution in [3.05, 3.63) is 42.4 Å². The second kappa shape index (κ2) is 7.88. The summed E-state index contributed by atoms with van der Waals surface area (Å²) in [4.78, 5) is 19.0. The van der Waals surface area contributed by atoms with Crippen molar-refractivity contribution in [2.24, 2.45) is 0 Å². The van der Waals surface area contributed by atoms with E-state index in [0.29, 0.717) is 29.9 Å². The number of rotatable bonds is 3. The topological polar surface area (TPSA) is 81.2 Å². The van der Waals surface area contributed by atoms with E-state index < -0.39 is 12.7 Å². The Morgan fingerprint density at radius 3 is 2.59 bits per heavy atom. The molecule has 0 bridgehead atoms. The molecular formula is C21H20F3N7O. The van der Waals surface area contributed by atoms with Gasteiger partial charge in [0.25, 0.3) is 5.91 Å². The van der Waals surface area contributed by atoms with Gasteiger partial charge in [-0.1, -0.05) is 18.9 Å². The van der Waals surface area contributed by atoms with Crippen molar-refractivity contribution in [1.29, 1.82) is 0 Å². The van der Waals surface area contributed by atoms with Gasteiger partial charge in [0.1, 0.15) is 17.9 Å². The Morgan fingerprint density at radius 1 is 1.06 bits per heavy atom. The smallest absolute Gasteiger partial charge is 0.337 e. The van der Waals surface area contributed by atoms with Gasteiger partial charge >= 0.3 is 6.18 Å². The highest BCUT2D eigenvalue weighted by molar-refractivity contribution is 5.98. The molecule has 5 heterocycles. The maximum absolute atomic E-state index is 13.3. The van der Waals surface area contributed by atoms with E-state index in [1.807, 2.05) is 0 Å². The second-order valence-corrected chi connectivity index (χ2v) is 7.87. The summed E-state index contributed by atoms with van der Waals surface area (Å²) in [6.07, 6.45) is 2.56. The summed E-state index contributed by atoms with van der Waals surface area (Å²) in [5.74, 6) is 0.0305. The predicted molar refractivity (Wildman–Crippen MR) is 110 cm³/mol. The highest BCUT2D eigenvalue weighted by Gasteiger charge is 2.31. The van der Waals surface area contributed by atoms with E-state index in [2.05, 4.69) is 20.3 Å². The lowest BCUT2D eigenvalue weighted by Gasteiger charge is -2.19. The number of amides is 1. The van der Waals surface area contributed by atoms with Gasteiger partial charge in [-0.25, -0.2) is 0 Å². The van der Waals surface area contributed by atoms with Crippen LogP contribution < -0.4 is 0 Å². The quantitative estimate of drug-likeness (QED) is 0.482. The van der Waals surface area contributed by atoms with Crippen LogP contribution in [0.1, 0.15) is 36.2 Å². The third kappa shape index (κ3) is 3.78. The zero-order chi connectivity index (χ0) is 22.3. The van der Waals surface area contributed by atoms with E-state index in [9.17, 15) is 18.0 Å². The molecule has 8 nitrogen and oxygen atoms in total. The third-order valence-electron chi connectivity index (χ3n) is 5.60. The lowest BCUT2D eigenvalue weighted by Crippen LogP contribution is -2.32. The molecule has 0 aromatic carbocycles. The fraction of sp³-hybridized carbons (Fsp3) is 0.381. The molecule has 0 aliphatic carbocycles. The number of hydrogen-bond donors (Lipinski definition) is 0. The average Bonchev–Trinajstić information content (AvgIpc) is 3.21. The Bertz CT molecular complexity index is 1290. The number of pyridine rings is 2. The van der Waals surface area contributed by atoms with Crippen molar-refractivity contribution >= 4 is 22.5 Å². The van der Waals surface area contributed by atoms with Crippen molar-refractivity contribution in [2.75, 3.05) is 13.1 Å². The van der Waals surface area contributed by atoms with Crippen LogP contribution in [0.15, 0.2) is 36.7 Å². The molecule has 1 aliphatic heterocycles. The molecule has 32 heavy (non-hydrogen) atoms. The fourth-order valence-electron chi connectivity index (χ4n) is 4.08. The van der Waals surface area contributed by atoms with Crippen LogP contribution in [-0.4, -0.2) is 59.4 Å². The molecule has 11 heteroatoms. The predicted octanol–water partition coefficient (Wildman–Crippen LogP) is 3.72. The van der Waals surface area contributed by atoms with Crippen molar-refractivity contribution in [3.8, 4) is 11.5 Å². The molecule has 0 saturated carbocycles. The number of carbonyl (C=O) groups excluding carboxylic acids is 1. The highest BCUT2D eigenvalue weighted by Crippen LogP contribution is 2.30. The molecular weight excluding hydrogens is 423 g/mol. The first-order chi connectivity index (χ1) is 15.4. The normalized spacial score (nSPS) is 15.4. The molecule has 4 aromatic heterocycles. The molecule has 0 N–H and O–H groups in total. The minimum Gasteiger partial charge on any atom is -0.337 e. The number of hydrogen-bond acceptors (Lipinski definition) is 5. The van der Waals surface area contributed by atoms with Gasteiger partial charge in [0.05, 0.1) is 5.52 Å². The average molecular weight is 443 g/mol. The van der Waals surface area contributed by atoms with E-state index in [1.54, 1.807) is 33.7 Å². The molecule has 0 spiro atoms. The minimum atomic E-state index is -4.48. The first-order valence-corrected chi connectivity index (χ1v) is 10.4. The molecule has 1 saturated heterocycles. The fourth-order valence-corrected chi connectivity index (χ4v) is 4.08. The Hall–Kier alpha value is -3.50. The maximum atomic E-state index is 13.3. The van der Waals surface area contributed by atoms with Crippen LogP contribution in [0.25, 0.3) is 28.1 Å². The zero-order valence-corrected chi connectivity index (χ0v) is 17.1. The van der Waals surface area contributed by atoms with Crippen molar-refractivity contribution in [1.82, 2.24) is 34.3 Å². The van der Waals surface area contributed by atoms with E-state index >= 15 is 0 Å². The van der Waals surface area contributed by atoms with Crippen LogP contribution >= 0.6 is 0 Å². The van der Waals surface area contributed by atoms with Crippen LogP contribution in [0.4, 0.5) is 13.2 Å². The molecule has 1 aliphatic rings. The molecule has 0 atom stereocenters. The van der Waals surface area contributed by atoms with Gasteiger partial charge in [0, 0.05) is 30.9 Å². The number of aromatic nitrogens is 6. The monoisotopic (exact) mass is 443 g/mol. The summed E-state index contributed by atoms with van der Waals surface area (Å²) in [6, 6.07) is 6.69. The Kier molecular flexibility index (Phi) is 5.03. The van der Waals surface area contributed by atoms with E-state index in [-0.39, 0.29) is 22.8 Å². The maximum Gasteiger partial charge on any atom is 0.408 e. The molecule has 0 radical (unpaired) electrons. The van der Waals surface area contributed by atoms with Gasteiger partial charge in [0.2, 0.25) is 0 Å². The molecule has 4 aromatic rings. The van der Waals surface area contributed by atoms with E-state index in [4.69, 9.17) is 0 Å². The van der Waals surface area contributed by atoms with Gasteiger partial charge in [-0.05, 0) is 31.0 Å². The van der Waals surface area contributed by atoms with Crippen molar-refractivity contribution in [2.45, 2.75) is 38.4 Å². The lowest BCUT2D eigenvalue weighted by atomic mass is 10.2. The Morgan fingerprint density at radius 2 is 1.84 bits per heavy atom. The van der Waals surface area contributed by atoms with Crippen LogP contribution in [0, 0.1) is 0 Å². The highest BCUT2D eigenvalue weighted by atomic mass is 19.4. The van der Waals surface area contributed by atoms with Crippen LogP contribution in [0.5, 0.6) is 0 Å². The first kappa shape index (κ1) is 20.4. The summed E-state index contributed by atoms with van der Waals surface area (Å²) >= 11 is 0. The number of halogens is 3. The number of alkyl halides is 3. The molecule has 1 fully saturated rings. The van der Waals surface area contributed by atoms with Gasteiger partial charge in [-0.15, -0.1) is 10.2 Å². The largest absolute Gasteiger partial charge is 0.408 e. The number of carbonyl (C=O) groups is 1. The molecule has 5 rings (SSSR count). The third-order valence-corrected chi connectivity index (χ3v) is 5.60. The first-order valence-electron chi connectivity index (χ1n) is 10.4. The van der Waals surface area contributed by atoms with E-state index in [1.165, 1.54) is 12.3 Å². The summed E-state index contributed by atoms with van der Waals surface area (Å²) in [6.45, 7) is -0.0453. The van der Waals surface area contributed by atoms with Gasteiger partial charge < -0.3 is 4.90 Å². The summed E-state index contributed by atoms with van der Waals surface area (Å²) < 4.78 is 42.4. The SMILES string of the molecule is O=C(c1cc2c(cn1)c(-c1nnc3ccccn13)nn2CC(F)(F)F)N1CCCCCC1. The van der Waals surface area contributed by atoms with Crippen molar-refractivity contribution in [3.63, 3.8) is 0 Å². The summed E-state index contributed by atoms with van der Waals surface area (Å²) in [7, 11) is 0. The van der Waals surface area contributed by atoms with Crippen LogP contribution in [0.2, 0.25) is 0 Å². The minimum absolute atomic E-state index is 0.111. The van der Waals surface area contributed by atoms with Crippen LogP contribution in [-0.2, 0) is 6.54 Å². The molecule has 166 valence electrons. The Balaban J connectivity index is 1.62. The van der Waals surface area contributed by atoms with E-state index in [0.717, 1.165) is 30.4 Å². The van der Waals surface area contributed by atoms with Gasteiger partial charge in [-0.2, -0.15) is 18.3 Å². The van der Waals surface area contributed by atoms with Gasteiger partial charge in [-0.3, -0.25) is 18.9 Å².